The number of amides is 1. The summed E-state index contributed by atoms with van der Waals surface area (Å²) < 4.78 is 5.26. The second kappa shape index (κ2) is 6.17. The fourth-order valence-corrected chi connectivity index (χ4v) is 2.36. The first-order valence-corrected chi connectivity index (χ1v) is 7.14. The van der Waals surface area contributed by atoms with E-state index in [0.29, 0.717) is 0 Å². The van der Waals surface area contributed by atoms with Crippen LogP contribution in [-0.2, 0) is 4.74 Å². The van der Waals surface area contributed by atoms with E-state index in [-0.39, 0.29) is 17.4 Å². The van der Waals surface area contributed by atoms with Crippen molar-refractivity contribution in [3.8, 4) is 0 Å². The minimum Gasteiger partial charge on any atom is -0.443 e. The normalized spacial score (nSPS) is 21.5. The number of carbonyl (C=O) groups is 1. The molecule has 0 aromatic heterocycles. The molecule has 1 unspecified atom stereocenters. The van der Waals surface area contributed by atoms with Gasteiger partial charge in [-0.25, -0.2) is 4.79 Å². The number of benzene rings is 1. The zero-order valence-corrected chi connectivity index (χ0v) is 12.9. The van der Waals surface area contributed by atoms with Crippen molar-refractivity contribution in [2.75, 3.05) is 6.54 Å². The molecule has 2 atom stereocenters. The van der Waals surface area contributed by atoms with E-state index >= 15 is 0 Å². The molecule has 0 spiro atoms. The van der Waals surface area contributed by atoms with Gasteiger partial charge in [0.05, 0.1) is 12.5 Å². The van der Waals surface area contributed by atoms with Crippen LogP contribution < -0.4 is 0 Å². The van der Waals surface area contributed by atoms with Crippen LogP contribution in [0.5, 0.6) is 0 Å². The molecule has 2 rings (SSSR count). The molecule has 1 heterocycles. The van der Waals surface area contributed by atoms with Gasteiger partial charge in [0.15, 0.2) is 0 Å². The van der Waals surface area contributed by atoms with Crippen LogP contribution >= 0.6 is 0 Å². The first-order valence-electron chi connectivity index (χ1n) is 7.14. The van der Waals surface area contributed by atoms with E-state index in [1.807, 2.05) is 30.3 Å². The van der Waals surface area contributed by atoms with Crippen LogP contribution in [0, 0.1) is 10.1 Å². The molecular weight excluding hydrogens is 284 g/mol. The molecule has 0 N–H and O–H groups in total. The van der Waals surface area contributed by atoms with Crippen molar-refractivity contribution >= 4 is 6.09 Å². The second-order valence-electron chi connectivity index (χ2n) is 6.26. The molecule has 1 amide bonds. The summed E-state index contributed by atoms with van der Waals surface area (Å²) in [6, 6.07) is 8.38. The van der Waals surface area contributed by atoms with Crippen molar-refractivity contribution in [2.45, 2.75) is 38.3 Å². The second-order valence-corrected chi connectivity index (χ2v) is 6.26. The van der Waals surface area contributed by atoms with Crippen LogP contribution in [0.4, 0.5) is 4.79 Å². The Balaban J connectivity index is 2.21. The van der Waals surface area contributed by atoms with Crippen molar-refractivity contribution in [2.24, 2.45) is 0 Å². The minimum atomic E-state index is -0.889. The SMILES string of the molecule is CC(C)(C)OC(=O)N1C=CC(c2ccccc2)[C@@H]([N+](=O)[O-])C1. The van der Waals surface area contributed by atoms with E-state index in [2.05, 4.69) is 0 Å². The van der Waals surface area contributed by atoms with Gasteiger partial charge in [-0.3, -0.25) is 15.0 Å². The molecule has 0 saturated heterocycles. The monoisotopic (exact) mass is 304 g/mol. The molecule has 0 bridgehead atoms. The minimum absolute atomic E-state index is 0.00201. The molecule has 0 saturated carbocycles. The number of carbonyl (C=O) groups excluding carboxylic acids is 1. The van der Waals surface area contributed by atoms with Gasteiger partial charge < -0.3 is 4.74 Å². The summed E-state index contributed by atoms with van der Waals surface area (Å²) in [6.07, 6.45) is 2.70. The summed E-state index contributed by atoms with van der Waals surface area (Å²) >= 11 is 0. The fraction of sp³-hybridized carbons (Fsp3) is 0.438. The average Bonchev–Trinajstić information content (AvgIpc) is 2.45. The highest BCUT2D eigenvalue weighted by atomic mass is 16.6. The summed E-state index contributed by atoms with van der Waals surface area (Å²) in [5, 5.41) is 11.4. The third-order valence-corrected chi connectivity index (χ3v) is 3.35. The maximum absolute atomic E-state index is 12.1. The smallest absolute Gasteiger partial charge is 0.414 e. The van der Waals surface area contributed by atoms with E-state index in [1.54, 1.807) is 33.0 Å². The highest BCUT2D eigenvalue weighted by Gasteiger charge is 2.38. The first kappa shape index (κ1) is 16.0. The van der Waals surface area contributed by atoms with E-state index < -0.39 is 17.7 Å². The van der Waals surface area contributed by atoms with Crippen molar-refractivity contribution in [1.82, 2.24) is 4.90 Å². The van der Waals surface area contributed by atoms with Gasteiger partial charge >= 0.3 is 6.09 Å². The summed E-state index contributed by atoms with van der Waals surface area (Å²) in [5.41, 5.74) is 0.231. The molecule has 1 aromatic carbocycles. The molecule has 6 heteroatoms. The third-order valence-electron chi connectivity index (χ3n) is 3.35. The average molecular weight is 304 g/mol. The van der Waals surface area contributed by atoms with Crippen LogP contribution in [0.1, 0.15) is 32.3 Å². The van der Waals surface area contributed by atoms with Gasteiger partial charge in [-0.15, -0.1) is 0 Å². The van der Waals surface area contributed by atoms with Crippen LogP contribution in [0.25, 0.3) is 0 Å². The van der Waals surface area contributed by atoms with Gasteiger partial charge in [0.1, 0.15) is 5.60 Å². The number of nitrogens with zero attached hydrogens (tertiary/aromatic N) is 2. The Morgan fingerprint density at radius 2 is 1.95 bits per heavy atom. The van der Waals surface area contributed by atoms with Gasteiger partial charge in [0.2, 0.25) is 6.04 Å². The molecule has 0 radical (unpaired) electrons. The van der Waals surface area contributed by atoms with Crippen LogP contribution in [0.2, 0.25) is 0 Å². The summed E-state index contributed by atoms with van der Waals surface area (Å²) in [5.74, 6) is -0.352. The quantitative estimate of drug-likeness (QED) is 0.621. The molecule has 6 nitrogen and oxygen atoms in total. The maximum Gasteiger partial charge on any atom is 0.414 e. The lowest BCUT2D eigenvalue weighted by Crippen LogP contribution is -2.45. The maximum atomic E-state index is 12.1. The van der Waals surface area contributed by atoms with Crippen LogP contribution in [-0.4, -0.2) is 34.1 Å². The number of ether oxygens (including phenoxy) is 1. The Bertz CT molecular complexity index is 578. The molecule has 22 heavy (non-hydrogen) atoms. The zero-order chi connectivity index (χ0) is 16.3. The molecule has 0 fully saturated rings. The number of hydrogen-bond acceptors (Lipinski definition) is 4. The van der Waals surface area contributed by atoms with E-state index in [9.17, 15) is 14.9 Å². The highest BCUT2D eigenvalue weighted by molar-refractivity contribution is 5.69. The topological polar surface area (TPSA) is 72.7 Å². The molecule has 0 aliphatic carbocycles. The number of hydrogen-bond donors (Lipinski definition) is 0. The number of rotatable bonds is 2. The highest BCUT2D eigenvalue weighted by Crippen LogP contribution is 2.28. The van der Waals surface area contributed by atoms with Gasteiger partial charge in [0, 0.05) is 11.1 Å². The zero-order valence-electron chi connectivity index (χ0n) is 12.9. The van der Waals surface area contributed by atoms with Crippen LogP contribution in [0.15, 0.2) is 42.6 Å². The lowest BCUT2D eigenvalue weighted by Gasteiger charge is -2.30. The Morgan fingerprint density at radius 3 is 2.50 bits per heavy atom. The molecule has 118 valence electrons. The van der Waals surface area contributed by atoms with E-state index in [1.165, 1.54) is 4.90 Å². The van der Waals surface area contributed by atoms with E-state index in [4.69, 9.17) is 4.74 Å². The Hall–Kier alpha value is -2.37. The first-order chi connectivity index (χ1) is 10.3. The predicted octanol–water partition coefficient (Wildman–Crippen LogP) is 3.18. The molecule has 1 aromatic rings. The predicted molar refractivity (Wildman–Crippen MR) is 82.0 cm³/mol. The van der Waals surface area contributed by atoms with Gasteiger partial charge in [-0.2, -0.15) is 0 Å². The molecular formula is C16H20N2O4. The summed E-state index contributed by atoms with van der Waals surface area (Å²) in [4.78, 5) is 24.4. The van der Waals surface area contributed by atoms with Gasteiger partial charge in [-0.05, 0) is 26.3 Å². The third kappa shape index (κ3) is 3.84. The molecule has 1 aliphatic heterocycles. The van der Waals surface area contributed by atoms with Crippen molar-refractivity contribution in [3.05, 3.63) is 58.3 Å². The van der Waals surface area contributed by atoms with Crippen LogP contribution in [0.3, 0.4) is 0 Å². The van der Waals surface area contributed by atoms with E-state index in [0.717, 1.165) is 5.56 Å². The van der Waals surface area contributed by atoms with Crippen molar-refractivity contribution < 1.29 is 14.5 Å². The standard InChI is InChI=1S/C16H20N2O4/c1-16(2,3)22-15(19)17-10-9-13(14(11-17)18(20)21)12-7-5-4-6-8-12/h4-10,13-14H,11H2,1-3H3/t13?,14-/m0/s1. The Morgan fingerprint density at radius 1 is 1.32 bits per heavy atom. The number of nitro groups is 1. The van der Waals surface area contributed by atoms with Gasteiger partial charge in [0.25, 0.3) is 0 Å². The Kier molecular flexibility index (Phi) is 4.49. The molecule has 1 aliphatic rings. The largest absolute Gasteiger partial charge is 0.443 e. The summed E-state index contributed by atoms with van der Waals surface area (Å²) in [7, 11) is 0. The Labute approximate surface area is 129 Å². The summed E-state index contributed by atoms with van der Waals surface area (Å²) in [6.45, 7) is 5.28. The van der Waals surface area contributed by atoms with Crippen molar-refractivity contribution in [3.63, 3.8) is 0 Å². The lowest BCUT2D eigenvalue weighted by molar-refractivity contribution is -0.525. The van der Waals surface area contributed by atoms with Crippen molar-refractivity contribution in [1.29, 1.82) is 0 Å². The fourth-order valence-electron chi connectivity index (χ4n) is 2.36. The van der Waals surface area contributed by atoms with Gasteiger partial charge in [-0.1, -0.05) is 36.4 Å². The lowest BCUT2D eigenvalue weighted by atomic mass is 9.89.